The van der Waals surface area contributed by atoms with Crippen molar-refractivity contribution in [3.63, 3.8) is 0 Å². The maximum atomic E-state index is 12.0. The first-order valence-electron chi connectivity index (χ1n) is 7.70. The smallest absolute Gasteiger partial charge is 0.237 e. The predicted octanol–water partition coefficient (Wildman–Crippen LogP) is 2.19. The molecule has 1 amide bonds. The number of hydrogen-bond acceptors (Lipinski definition) is 5. The molecule has 1 saturated heterocycles. The van der Waals surface area contributed by atoms with Gasteiger partial charge in [-0.2, -0.15) is 0 Å². The second kappa shape index (κ2) is 8.50. The molecule has 0 bridgehead atoms. The number of hydrogen-bond donors (Lipinski definition) is 2. The summed E-state index contributed by atoms with van der Waals surface area (Å²) in [5, 5.41) is 3.32. The first kappa shape index (κ1) is 18.8. The zero-order chi connectivity index (χ0) is 16.9. The fourth-order valence-corrected chi connectivity index (χ4v) is 3.60. The molecule has 1 aliphatic heterocycles. The number of amides is 1. The Balaban J connectivity index is 1.96. The highest BCUT2D eigenvalue weighted by Crippen LogP contribution is 2.21. The molecule has 1 fully saturated rings. The lowest BCUT2D eigenvalue weighted by Crippen LogP contribution is -2.55. The van der Waals surface area contributed by atoms with Crippen molar-refractivity contribution in [2.75, 3.05) is 19.8 Å². The van der Waals surface area contributed by atoms with Crippen LogP contribution in [0.4, 0.5) is 0 Å². The summed E-state index contributed by atoms with van der Waals surface area (Å²) in [4.78, 5) is 20.5. The van der Waals surface area contributed by atoms with Gasteiger partial charge in [0, 0.05) is 19.6 Å². The number of primary amides is 1. The summed E-state index contributed by atoms with van der Waals surface area (Å²) in [7, 11) is 0. The largest absolute Gasteiger partial charge is 0.381 e. The Morgan fingerprint density at radius 1 is 1.48 bits per heavy atom. The molecule has 2 heterocycles. The van der Waals surface area contributed by atoms with Crippen LogP contribution < -0.4 is 11.1 Å². The summed E-state index contributed by atoms with van der Waals surface area (Å²) in [6.45, 7) is 4.22. The predicted molar refractivity (Wildman–Crippen MR) is 94.9 cm³/mol. The topological polar surface area (TPSA) is 90.1 Å². The summed E-state index contributed by atoms with van der Waals surface area (Å²) in [6.07, 6.45) is 5.18. The molecule has 2 rings (SSSR count). The van der Waals surface area contributed by atoms with Gasteiger partial charge < -0.3 is 15.8 Å². The third-order valence-corrected chi connectivity index (χ3v) is 5.26. The number of aromatic nitrogens is 2. The van der Waals surface area contributed by atoms with Crippen molar-refractivity contribution >= 4 is 37.8 Å². The Bertz CT molecular complexity index is 552. The van der Waals surface area contributed by atoms with Crippen molar-refractivity contribution in [3.8, 4) is 0 Å². The summed E-state index contributed by atoms with van der Waals surface area (Å²) >= 11 is 6.65. The van der Waals surface area contributed by atoms with Gasteiger partial charge in [0.05, 0.1) is 11.9 Å². The summed E-state index contributed by atoms with van der Waals surface area (Å²) in [6, 6.07) is 0. The van der Waals surface area contributed by atoms with Gasteiger partial charge in [0.25, 0.3) is 0 Å². The van der Waals surface area contributed by atoms with Crippen LogP contribution in [-0.2, 0) is 16.0 Å². The third-order valence-electron chi connectivity index (χ3n) is 4.24. The molecular formula is C15H22Br2N4O2. The molecule has 0 aromatic carbocycles. The number of ether oxygens (including phenoxy) is 1. The highest BCUT2D eigenvalue weighted by Gasteiger charge is 2.32. The van der Waals surface area contributed by atoms with Gasteiger partial charge >= 0.3 is 0 Å². The van der Waals surface area contributed by atoms with Crippen LogP contribution in [0, 0.1) is 5.92 Å². The van der Waals surface area contributed by atoms with E-state index < -0.39 is 5.54 Å². The maximum Gasteiger partial charge on any atom is 0.237 e. The first-order chi connectivity index (χ1) is 10.9. The minimum absolute atomic E-state index is 0.386. The van der Waals surface area contributed by atoms with E-state index in [0.717, 1.165) is 39.0 Å². The zero-order valence-electron chi connectivity index (χ0n) is 13.1. The van der Waals surface area contributed by atoms with Gasteiger partial charge in [-0.05, 0) is 70.5 Å². The lowest BCUT2D eigenvalue weighted by atomic mass is 9.92. The molecule has 1 aromatic rings. The Morgan fingerprint density at radius 3 is 2.78 bits per heavy atom. The van der Waals surface area contributed by atoms with Crippen molar-refractivity contribution in [3.05, 3.63) is 21.1 Å². The van der Waals surface area contributed by atoms with Gasteiger partial charge in [-0.1, -0.05) is 0 Å². The Labute approximate surface area is 153 Å². The monoisotopic (exact) mass is 448 g/mol. The van der Waals surface area contributed by atoms with E-state index in [2.05, 4.69) is 47.1 Å². The van der Waals surface area contributed by atoms with Gasteiger partial charge in [0.15, 0.2) is 0 Å². The van der Waals surface area contributed by atoms with Crippen LogP contribution in [0.3, 0.4) is 0 Å². The van der Waals surface area contributed by atoms with E-state index in [1.54, 1.807) is 6.20 Å². The van der Waals surface area contributed by atoms with Gasteiger partial charge in [-0.15, -0.1) is 0 Å². The van der Waals surface area contributed by atoms with Crippen LogP contribution in [0.1, 0.15) is 31.9 Å². The maximum absolute atomic E-state index is 12.0. The molecule has 1 atom stereocenters. The summed E-state index contributed by atoms with van der Waals surface area (Å²) in [5.74, 6) is 0.258. The van der Waals surface area contributed by atoms with Crippen LogP contribution in [0.25, 0.3) is 0 Å². The van der Waals surface area contributed by atoms with Crippen LogP contribution >= 0.6 is 31.9 Å². The molecule has 128 valence electrons. The minimum Gasteiger partial charge on any atom is -0.381 e. The molecule has 1 unspecified atom stereocenters. The molecule has 3 N–H and O–H groups in total. The molecule has 6 nitrogen and oxygen atoms in total. The molecule has 0 radical (unpaired) electrons. The molecule has 8 heteroatoms. The molecule has 1 aromatic heterocycles. The molecule has 0 spiro atoms. The Morgan fingerprint density at radius 2 is 2.17 bits per heavy atom. The SMILES string of the molecule is CC(Cc1ncc(Br)nc1Br)(NCCC1CCOCC1)C(N)=O. The van der Waals surface area contributed by atoms with Crippen LogP contribution in [0.5, 0.6) is 0 Å². The second-order valence-electron chi connectivity index (χ2n) is 6.07. The average molecular weight is 450 g/mol. The first-order valence-corrected chi connectivity index (χ1v) is 9.29. The van der Waals surface area contributed by atoms with E-state index in [1.165, 1.54) is 0 Å². The van der Waals surface area contributed by atoms with Gasteiger partial charge in [-0.3, -0.25) is 9.78 Å². The van der Waals surface area contributed by atoms with Crippen molar-refractivity contribution in [2.24, 2.45) is 11.7 Å². The molecule has 1 aliphatic rings. The van der Waals surface area contributed by atoms with E-state index in [-0.39, 0.29) is 5.91 Å². The van der Waals surface area contributed by atoms with Gasteiger partial charge in [-0.25, -0.2) is 4.98 Å². The lowest BCUT2D eigenvalue weighted by Gasteiger charge is -2.29. The van der Waals surface area contributed by atoms with E-state index in [9.17, 15) is 4.79 Å². The van der Waals surface area contributed by atoms with Crippen molar-refractivity contribution in [1.29, 1.82) is 0 Å². The van der Waals surface area contributed by atoms with Crippen molar-refractivity contribution < 1.29 is 9.53 Å². The zero-order valence-corrected chi connectivity index (χ0v) is 16.3. The minimum atomic E-state index is -0.851. The summed E-state index contributed by atoms with van der Waals surface area (Å²) in [5.41, 5.74) is 5.47. The third kappa shape index (κ3) is 5.48. The number of rotatable bonds is 7. The number of carbonyl (C=O) groups excluding carboxylic acids is 1. The number of nitrogens with two attached hydrogens (primary N) is 1. The Hall–Kier alpha value is -0.570. The average Bonchev–Trinajstić information content (AvgIpc) is 2.51. The van der Waals surface area contributed by atoms with Crippen LogP contribution in [-0.4, -0.2) is 41.2 Å². The fourth-order valence-electron chi connectivity index (χ4n) is 2.65. The molecule has 0 saturated carbocycles. The number of halogens is 2. The van der Waals surface area contributed by atoms with Crippen molar-refractivity contribution in [2.45, 2.75) is 38.1 Å². The van der Waals surface area contributed by atoms with E-state index >= 15 is 0 Å². The van der Waals surface area contributed by atoms with E-state index in [1.807, 2.05) is 6.92 Å². The normalized spacial score (nSPS) is 18.6. The standard InChI is InChI=1S/C15H22Br2N4O2/c1-15(14(18)22,8-11-13(17)21-12(16)9-19-11)20-5-2-10-3-6-23-7-4-10/h9-10,20H,2-8H2,1H3,(H2,18,22). The van der Waals surface area contributed by atoms with E-state index in [0.29, 0.717) is 27.2 Å². The number of nitrogens with zero attached hydrogens (tertiary/aromatic N) is 2. The highest BCUT2D eigenvalue weighted by molar-refractivity contribution is 9.11. The number of carbonyl (C=O) groups is 1. The fraction of sp³-hybridized carbons (Fsp3) is 0.667. The van der Waals surface area contributed by atoms with Crippen LogP contribution in [0.15, 0.2) is 15.4 Å². The lowest BCUT2D eigenvalue weighted by molar-refractivity contribution is -0.123. The summed E-state index contributed by atoms with van der Waals surface area (Å²) < 4.78 is 6.62. The number of nitrogens with one attached hydrogen (secondary N) is 1. The van der Waals surface area contributed by atoms with E-state index in [4.69, 9.17) is 10.5 Å². The van der Waals surface area contributed by atoms with Crippen LogP contribution in [0.2, 0.25) is 0 Å². The molecule has 23 heavy (non-hydrogen) atoms. The quantitative estimate of drug-likeness (QED) is 0.665. The molecular weight excluding hydrogens is 428 g/mol. The molecule has 0 aliphatic carbocycles. The second-order valence-corrected chi connectivity index (χ2v) is 7.64. The van der Waals surface area contributed by atoms with Crippen molar-refractivity contribution in [1.82, 2.24) is 15.3 Å². The highest BCUT2D eigenvalue weighted by atomic mass is 79.9. The van der Waals surface area contributed by atoms with Gasteiger partial charge in [0.1, 0.15) is 14.7 Å². The van der Waals surface area contributed by atoms with Gasteiger partial charge in [0.2, 0.25) is 5.91 Å². The Kier molecular flexibility index (Phi) is 6.94.